The monoisotopic (exact) mass is 273 g/mol. The average Bonchev–Trinajstić information content (AvgIpc) is 2.25. The standard InChI is InChI=1S/C13H23NO3S/c1-13(2,3)18-9-11(15)14-7-5-4-6-10(14)8-12(16)17/h10H,4-9H2,1-3H3,(H,16,17). The van der Waals surface area contributed by atoms with E-state index in [1.807, 2.05) is 0 Å². The van der Waals surface area contributed by atoms with Gasteiger partial charge in [0.15, 0.2) is 0 Å². The van der Waals surface area contributed by atoms with Crippen molar-refractivity contribution >= 4 is 23.6 Å². The first-order chi connectivity index (χ1) is 8.29. The van der Waals surface area contributed by atoms with Crippen LogP contribution in [0.3, 0.4) is 0 Å². The SMILES string of the molecule is CC(C)(C)SCC(=O)N1CCCCC1CC(=O)O. The largest absolute Gasteiger partial charge is 0.481 e. The van der Waals surface area contributed by atoms with E-state index in [0.29, 0.717) is 12.3 Å². The topological polar surface area (TPSA) is 57.6 Å². The molecule has 1 heterocycles. The number of carbonyl (C=O) groups excluding carboxylic acids is 1. The van der Waals surface area contributed by atoms with Gasteiger partial charge in [0, 0.05) is 17.3 Å². The van der Waals surface area contributed by atoms with Crippen LogP contribution in [0.15, 0.2) is 0 Å². The third kappa shape index (κ3) is 5.29. The molecule has 0 aliphatic carbocycles. The van der Waals surface area contributed by atoms with Gasteiger partial charge in [-0.25, -0.2) is 0 Å². The molecule has 18 heavy (non-hydrogen) atoms. The van der Waals surface area contributed by atoms with Crippen molar-refractivity contribution in [2.24, 2.45) is 0 Å². The van der Waals surface area contributed by atoms with Gasteiger partial charge in [0.05, 0.1) is 12.2 Å². The smallest absolute Gasteiger partial charge is 0.305 e. The number of carbonyl (C=O) groups is 2. The molecule has 1 amide bonds. The van der Waals surface area contributed by atoms with Gasteiger partial charge in [-0.3, -0.25) is 9.59 Å². The van der Waals surface area contributed by atoms with E-state index < -0.39 is 5.97 Å². The summed E-state index contributed by atoms with van der Waals surface area (Å²) in [6, 6.07) is -0.107. The van der Waals surface area contributed by atoms with E-state index in [4.69, 9.17) is 5.11 Å². The highest BCUT2D eigenvalue weighted by Gasteiger charge is 2.28. The number of hydrogen-bond donors (Lipinski definition) is 1. The second-order valence-corrected chi connectivity index (χ2v) is 7.54. The molecule has 1 aliphatic heterocycles. The molecule has 0 aromatic heterocycles. The molecule has 0 aromatic carbocycles. The number of hydrogen-bond acceptors (Lipinski definition) is 3. The molecule has 1 N–H and O–H groups in total. The Morgan fingerprint density at radius 3 is 2.56 bits per heavy atom. The predicted octanol–water partition coefficient (Wildman–Crippen LogP) is 2.37. The van der Waals surface area contributed by atoms with Gasteiger partial charge in [0.1, 0.15) is 0 Å². The van der Waals surface area contributed by atoms with Crippen molar-refractivity contribution in [1.82, 2.24) is 4.90 Å². The Morgan fingerprint density at radius 1 is 1.33 bits per heavy atom. The molecule has 1 saturated heterocycles. The number of rotatable bonds is 4. The maximum atomic E-state index is 12.1. The summed E-state index contributed by atoms with van der Waals surface area (Å²) in [5.41, 5.74) is 0. The third-order valence-electron chi connectivity index (χ3n) is 2.99. The molecule has 1 aliphatic rings. The Bertz CT molecular complexity index is 312. The van der Waals surface area contributed by atoms with E-state index in [1.165, 1.54) is 0 Å². The summed E-state index contributed by atoms with van der Waals surface area (Å²) in [5.74, 6) is -0.288. The summed E-state index contributed by atoms with van der Waals surface area (Å²) in [4.78, 5) is 24.7. The first-order valence-electron chi connectivity index (χ1n) is 6.45. The number of carboxylic acids is 1. The number of thioether (sulfide) groups is 1. The lowest BCUT2D eigenvalue weighted by atomic mass is 9.99. The number of likely N-dealkylation sites (tertiary alicyclic amines) is 1. The van der Waals surface area contributed by atoms with Gasteiger partial charge in [-0.2, -0.15) is 0 Å². The normalized spacial score (nSPS) is 20.8. The highest BCUT2D eigenvalue weighted by molar-refractivity contribution is 8.01. The molecule has 0 bridgehead atoms. The van der Waals surface area contributed by atoms with Crippen LogP contribution in [0.2, 0.25) is 0 Å². The van der Waals surface area contributed by atoms with Crippen LogP contribution in [0.4, 0.5) is 0 Å². The van der Waals surface area contributed by atoms with Gasteiger partial charge in [0.2, 0.25) is 5.91 Å². The molecule has 4 nitrogen and oxygen atoms in total. The highest BCUT2D eigenvalue weighted by atomic mass is 32.2. The van der Waals surface area contributed by atoms with Crippen LogP contribution in [0.1, 0.15) is 46.5 Å². The second-order valence-electron chi connectivity index (χ2n) is 5.74. The first kappa shape index (κ1) is 15.3. The predicted molar refractivity (Wildman–Crippen MR) is 73.8 cm³/mol. The quantitative estimate of drug-likeness (QED) is 0.854. The highest BCUT2D eigenvalue weighted by Crippen LogP contribution is 2.26. The Morgan fingerprint density at radius 2 is 2.00 bits per heavy atom. The van der Waals surface area contributed by atoms with Gasteiger partial charge in [0.25, 0.3) is 0 Å². The Hall–Kier alpha value is -0.710. The molecular weight excluding hydrogens is 250 g/mol. The fourth-order valence-corrected chi connectivity index (χ4v) is 2.83. The molecule has 5 heteroatoms. The van der Waals surface area contributed by atoms with Crippen molar-refractivity contribution in [3.05, 3.63) is 0 Å². The molecule has 0 saturated carbocycles. The van der Waals surface area contributed by atoms with E-state index in [-0.39, 0.29) is 23.1 Å². The maximum Gasteiger partial charge on any atom is 0.305 e. The number of nitrogens with zero attached hydrogens (tertiary/aromatic N) is 1. The van der Waals surface area contributed by atoms with Crippen LogP contribution in [-0.4, -0.2) is 45.0 Å². The molecule has 0 spiro atoms. The van der Waals surface area contributed by atoms with Gasteiger partial charge in [-0.05, 0) is 19.3 Å². The summed E-state index contributed by atoms with van der Waals surface area (Å²) in [6.07, 6.45) is 2.90. The van der Waals surface area contributed by atoms with E-state index in [0.717, 1.165) is 19.3 Å². The van der Waals surface area contributed by atoms with Crippen LogP contribution >= 0.6 is 11.8 Å². The molecule has 0 radical (unpaired) electrons. The minimum atomic E-state index is -0.817. The molecule has 1 unspecified atom stereocenters. The molecule has 1 rings (SSSR count). The summed E-state index contributed by atoms with van der Waals surface area (Å²) in [7, 11) is 0. The lowest BCUT2D eigenvalue weighted by Gasteiger charge is -2.35. The number of carboxylic acid groups (broad SMARTS) is 1. The van der Waals surface area contributed by atoms with Gasteiger partial charge in [-0.15, -0.1) is 11.8 Å². The van der Waals surface area contributed by atoms with Crippen molar-refractivity contribution in [3.63, 3.8) is 0 Å². The summed E-state index contributed by atoms with van der Waals surface area (Å²) in [5, 5.41) is 8.88. The maximum absolute atomic E-state index is 12.1. The van der Waals surface area contributed by atoms with Crippen molar-refractivity contribution in [2.45, 2.75) is 57.2 Å². The van der Waals surface area contributed by atoms with Gasteiger partial charge in [-0.1, -0.05) is 20.8 Å². The number of aliphatic carboxylic acids is 1. The minimum absolute atomic E-state index is 0.0632. The molecule has 0 aromatic rings. The zero-order chi connectivity index (χ0) is 13.8. The fraction of sp³-hybridized carbons (Fsp3) is 0.846. The third-order valence-corrected chi connectivity index (χ3v) is 4.24. The van der Waals surface area contributed by atoms with Crippen molar-refractivity contribution in [3.8, 4) is 0 Å². The number of amides is 1. The number of piperidine rings is 1. The van der Waals surface area contributed by atoms with E-state index in [1.54, 1.807) is 16.7 Å². The Kier molecular flexibility index (Phi) is 5.50. The fourth-order valence-electron chi connectivity index (χ4n) is 2.10. The molecule has 1 fully saturated rings. The van der Waals surface area contributed by atoms with E-state index >= 15 is 0 Å². The van der Waals surface area contributed by atoms with Gasteiger partial charge >= 0.3 is 5.97 Å². The Labute approximate surface area is 113 Å². The molecule has 104 valence electrons. The van der Waals surface area contributed by atoms with Crippen molar-refractivity contribution in [2.75, 3.05) is 12.3 Å². The summed E-state index contributed by atoms with van der Waals surface area (Å²) < 4.78 is 0.0632. The van der Waals surface area contributed by atoms with Crippen molar-refractivity contribution in [1.29, 1.82) is 0 Å². The minimum Gasteiger partial charge on any atom is -0.481 e. The average molecular weight is 273 g/mol. The van der Waals surface area contributed by atoms with E-state index in [2.05, 4.69) is 20.8 Å². The summed E-state index contributed by atoms with van der Waals surface area (Å²) in [6.45, 7) is 6.95. The first-order valence-corrected chi connectivity index (χ1v) is 7.43. The van der Waals surface area contributed by atoms with Crippen LogP contribution in [0, 0.1) is 0 Å². The van der Waals surface area contributed by atoms with Gasteiger partial charge < -0.3 is 10.0 Å². The van der Waals surface area contributed by atoms with Crippen LogP contribution in [0.5, 0.6) is 0 Å². The van der Waals surface area contributed by atoms with Crippen LogP contribution in [0.25, 0.3) is 0 Å². The zero-order valence-corrected chi connectivity index (χ0v) is 12.3. The van der Waals surface area contributed by atoms with E-state index in [9.17, 15) is 9.59 Å². The van der Waals surface area contributed by atoms with Crippen molar-refractivity contribution < 1.29 is 14.7 Å². The van der Waals surface area contributed by atoms with Crippen LogP contribution < -0.4 is 0 Å². The Balaban J connectivity index is 2.54. The molecule has 1 atom stereocenters. The lowest BCUT2D eigenvalue weighted by Crippen LogP contribution is -2.45. The lowest BCUT2D eigenvalue weighted by molar-refractivity contribution is -0.141. The van der Waals surface area contributed by atoms with Crippen LogP contribution in [-0.2, 0) is 9.59 Å². The summed E-state index contributed by atoms with van der Waals surface area (Å²) >= 11 is 1.62. The second kappa shape index (κ2) is 6.45. The molecular formula is C13H23NO3S. The zero-order valence-electron chi connectivity index (χ0n) is 11.4.